The van der Waals surface area contributed by atoms with Gasteiger partial charge in [0.2, 0.25) is 0 Å². The first-order chi connectivity index (χ1) is 49.1. The number of quaternary nitrogens is 1. The van der Waals surface area contributed by atoms with Crippen LogP contribution in [-0.4, -0.2) is 87.4 Å². The minimum atomic E-state index is -1.51. The molecule has 9 nitrogen and oxygen atoms in total. The molecule has 0 aliphatic rings. The Labute approximate surface area is 623 Å². The Balaban J connectivity index is 3.89. The largest absolute Gasteiger partial charge is 0.477 e. The number of carbonyl (C=O) groups excluding carboxylic acids is 2. The van der Waals surface area contributed by atoms with Gasteiger partial charge in [0, 0.05) is 12.8 Å². The van der Waals surface area contributed by atoms with Crippen molar-refractivity contribution in [2.45, 2.75) is 482 Å². The number of carbonyl (C=O) groups is 3. The zero-order chi connectivity index (χ0) is 72.5. The van der Waals surface area contributed by atoms with E-state index in [1.807, 2.05) is 21.1 Å². The van der Waals surface area contributed by atoms with Gasteiger partial charge in [0.25, 0.3) is 6.29 Å². The Kier molecular flexibility index (Phi) is 80.1. The summed E-state index contributed by atoms with van der Waals surface area (Å²) in [7, 11) is 6.01. The molecule has 2 atom stereocenters. The second kappa shape index (κ2) is 82.2. The number of hydrogen-bond donors (Lipinski definition) is 1. The van der Waals surface area contributed by atoms with E-state index in [9.17, 15) is 19.5 Å². The smallest absolute Gasteiger partial charge is 0.361 e. The third kappa shape index (κ3) is 82.8. The number of unbranched alkanes of at least 4 members (excludes halogenated alkanes) is 64. The maximum Gasteiger partial charge on any atom is 0.361 e. The van der Waals surface area contributed by atoms with Crippen LogP contribution in [0.4, 0.5) is 0 Å². The fourth-order valence-corrected chi connectivity index (χ4v) is 13.9. The number of carboxylic acids is 1. The van der Waals surface area contributed by atoms with Crippen molar-refractivity contribution < 1.29 is 42.9 Å². The van der Waals surface area contributed by atoms with Crippen molar-refractivity contribution in [3.05, 3.63) is 36.5 Å². The number of esters is 2. The average molecular weight is 1410 g/mol. The second-order valence-electron chi connectivity index (χ2n) is 31.9. The van der Waals surface area contributed by atoms with Crippen molar-refractivity contribution in [2.75, 3.05) is 47.5 Å². The highest BCUT2D eigenvalue weighted by Gasteiger charge is 2.25. The van der Waals surface area contributed by atoms with E-state index in [4.69, 9.17) is 18.9 Å². The highest BCUT2D eigenvalue weighted by Crippen LogP contribution is 2.21. The maximum atomic E-state index is 13.0. The van der Waals surface area contributed by atoms with Crippen LogP contribution in [0.2, 0.25) is 0 Å². The zero-order valence-corrected chi connectivity index (χ0v) is 67.9. The molecule has 0 aromatic carbocycles. The summed E-state index contributed by atoms with van der Waals surface area (Å²) in [6.45, 7) is 4.96. The first-order valence-electron chi connectivity index (χ1n) is 44.7. The Morgan fingerprint density at radius 2 is 0.540 bits per heavy atom. The monoisotopic (exact) mass is 1410 g/mol. The van der Waals surface area contributed by atoms with Crippen LogP contribution in [0.3, 0.4) is 0 Å². The third-order valence-corrected chi connectivity index (χ3v) is 20.6. The van der Waals surface area contributed by atoms with Gasteiger partial charge in [-0.1, -0.05) is 442 Å². The highest BCUT2D eigenvalue weighted by molar-refractivity contribution is 5.71. The Bertz CT molecular complexity index is 1740. The molecule has 0 saturated carbocycles. The number of likely N-dealkylation sites (N-methyl/N-ethyl adjacent to an activating group) is 1. The molecule has 0 amide bonds. The highest BCUT2D eigenvalue weighted by atomic mass is 16.7. The van der Waals surface area contributed by atoms with Gasteiger partial charge in [-0.2, -0.15) is 0 Å². The van der Waals surface area contributed by atoms with E-state index in [1.165, 1.54) is 392 Å². The molecular formula is C91H174NO8+. The number of allylic oxidation sites excluding steroid dienone is 6. The van der Waals surface area contributed by atoms with Crippen LogP contribution in [0.5, 0.6) is 0 Å². The van der Waals surface area contributed by atoms with Crippen molar-refractivity contribution in [3.63, 3.8) is 0 Å². The van der Waals surface area contributed by atoms with Gasteiger partial charge in [-0.25, -0.2) is 4.79 Å². The minimum Gasteiger partial charge on any atom is -0.477 e. The molecule has 0 bridgehead atoms. The number of hydrogen-bond acceptors (Lipinski definition) is 7. The molecular weight excluding hydrogens is 1230 g/mol. The summed E-state index contributed by atoms with van der Waals surface area (Å²) in [4.78, 5) is 37.8. The van der Waals surface area contributed by atoms with E-state index in [1.54, 1.807) is 0 Å². The third-order valence-electron chi connectivity index (χ3n) is 20.6. The SMILES string of the molecule is CCCCCCC/C=C\C/C=C\C/C=C\CCCCCCCCCCCCCCCCCCCCCCCCCCCCC(=O)OC(COC(=O)CCCCCCCCCCCCCCCCCCCCCCCCCCCCCCCCCCCC)COC(OCC[N+](C)(C)C)C(=O)O. The zero-order valence-electron chi connectivity index (χ0n) is 67.9. The lowest BCUT2D eigenvalue weighted by molar-refractivity contribution is -0.870. The first kappa shape index (κ1) is 97.5. The molecule has 0 spiro atoms. The van der Waals surface area contributed by atoms with E-state index in [0.29, 0.717) is 17.4 Å². The van der Waals surface area contributed by atoms with Crippen molar-refractivity contribution in [3.8, 4) is 0 Å². The lowest BCUT2D eigenvalue weighted by atomic mass is 10.0. The Hall–Kier alpha value is -2.49. The molecule has 0 rings (SSSR count). The second-order valence-corrected chi connectivity index (χ2v) is 31.9. The van der Waals surface area contributed by atoms with Gasteiger partial charge in [-0.3, -0.25) is 9.59 Å². The van der Waals surface area contributed by atoms with Crippen molar-refractivity contribution in [2.24, 2.45) is 0 Å². The van der Waals surface area contributed by atoms with Gasteiger partial charge in [0.1, 0.15) is 13.2 Å². The summed E-state index contributed by atoms with van der Waals surface area (Å²) < 4.78 is 23.1. The Morgan fingerprint density at radius 3 is 0.800 bits per heavy atom. The van der Waals surface area contributed by atoms with Gasteiger partial charge in [0.15, 0.2) is 6.10 Å². The Morgan fingerprint density at radius 1 is 0.300 bits per heavy atom. The molecule has 0 fully saturated rings. The first-order valence-corrected chi connectivity index (χ1v) is 44.7. The van der Waals surface area contributed by atoms with Crippen molar-refractivity contribution >= 4 is 17.9 Å². The maximum absolute atomic E-state index is 13.0. The fraction of sp³-hybridized carbons (Fsp3) is 0.901. The molecule has 0 aliphatic carbocycles. The van der Waals surface area contributed by atoms with Crippen LogP contribution in [-0.2, 0) is 33.3 Å². The molecule has 1 N–H and O–H groups in total. The van der Waals surface area contributed by atoms with Crippen LogP contribution >= 0.6 is 0 Å². The summed E-state index contributed by atoms with van der Waals surface area (Å²) in [5.74, 6) is -1.96. The van der Waals surface area contributed by atoms with E-state index < -0.39 is 18.4 Å². The van der Waals surface area contributed by atoms with Crippen LogP contribution in [0, 0.1) is 0 Å². The normalized spacial score (nSPS) is 12.7. The summed E-state index contributed by atoms with van der Waals surface area (Å²) in [5.41, 5.74) is 0. The molecule has 590 valence electrons. The van der Waals surface area contributed by atoms with Gasteiger partial charge in [0.05, 0.1) is 34.4 Å². The molecule has 0 saturated heterocycles. The predicted octanol–water partition coefficient (Wildman–Crippen LogP) is 29.0. The van der Waals surface area contributed by atoms with Crippen LogP contribution < -0.4 is 0 Å². The van der Waals surface area contributed by atoms with E-state index in [0.717, 1.165) is 51.4 Å². The van der Waals surface area contributed by atoms with Crippen molar-refractivity contribution in [1.29, 1.82) is 0 Å². The van der Waals surface area contributed by atoms with Gasteiger partial charge in [-0.05, 0) is 51.4 Å². The van der Waals surface area contributed by atoms with Crippen LogP contribution in [0.25, 0.3) is 0 Å². The molecule has 0 aromatic heterocycles. The minimum absolute atomic E-state index is 0.174. The average Bonchev–Trinajstić information content (AvgIpc) is 1.08. The molecule has 0 aliphatic heterocycles. The molecule has 0 heterocycles. The van der Waals surface area contributed by atoms with Gasteiger partial charge in [-0.15, -0.1) is 0 Å². The number of nitrogens with zero attached hydrogens (tertiary/aromatic N) is 1. The van der Waals surface area contributed by atoms with E-state index >= 15 is 0 Å². The van der Waals surface area contributed by atoms with E-state index in [-0.39, 0.29) is 38.2 Å². The summed E-state index contributed by atoms with van der Waals surface area (Å²) >= 11 is 0. The molecule has 100 heavy (non-hydrogen) atoms. The summed E-state index contributed by atoms with van der Waals surface area (Å²) in [6, 6.07) is 0. The summed E-state index contributed by atoms with van der Waals surface area (Å²) in [5, 5.41) is 9.79. The fourth-order valence-electron chi connectivity index (χ4n) is 13.9. The number of aliphatic carboxylic acids is 1. The quantitative estimate of drug-likeness (QED) is 0.0211. The lowest BCUT2D eigenvalue weighted by Gasteiger charge is -2.25. The number of ether oxygens (including phenoxy) is 4. The molecule has 2 unspecified atom stereocenters. The molecule has 0 radical (unpaired) electrons. The van der Waals surface area contributed by atoms with Crippen molar-refractivity contribution in [1.82, 2.24) is 0 Å². The standard InChI is InChI=1S/C91H173NO8/c1-6-8-10-12-14-16-18-20-22-24-26-28-30-32-34-36-38-40-42-43-44-45-46-47-48-50-52-54-56-58-60-62-64-66-68-70-72-74-76-78-80-82-89(94)100-87(86-99-91(90(95)96)97-84-83-92(3,4)5)85-98-88(93)81-79-77-75-73-71-69-67-65-63-61-59-57-55-53-51-49-41-39-37-35-33-31-29-27-25-23-21-19-17-15-13-11-9-7-2/h18,20,24,26,30,32,87,91H,6-17,19,21-23,25,27-29,31,33-86H2,1-5H3/p+1/b20-18-,26-24-,32-30-. The lowest BCUT2D eigenvalue weighted by Crippen LogP contribution is -2.40. The van der Waals surface area contributed by atoms with Gasteiger partial charge < -0.3 is 28.5 Å². The molecule has 9 heteroatoms. The molecule has 0 aromatic rings. The van der Waals surface area contributed by atoms with Crippen LogP contribution in [0.15, 0.2) is 36.5 Å². The topological polar surface area (TPSA) is 108 Å². The number of rotatable bonds is 85. The van der Waals surface area contributed by atoms with E-state index in [2.05, 4.69) is 50.3 Å². The van der Waals surface area contributed by atoms with Gasteiger partial charge >= 0.3 is 17.9 Å². The van der Waals surface area contributed by atoms with Crippen LogP contribution in [0.1, 0.15) is 470 Å². The predicted molar refractivity (Wildman–Crippen MR) is 434 cm³/mol. The summed E-state index contributed by atoms with van der Waals surface area (Å²) in [6.07, 6.45) is 105. The number of carboxylic acid groups (broad SMARTS) is 1.